The molecule has 0 amide bonds. The molecule has 0 saturated heterocycles. The minimum absolute atomic E-state index is 0.461. The van der Waals surface area contributed by atoms with Crippen LogP contribution in [0, 0.1) is 0 Å². The quantitative estimate of drug-likeness (QED) is 0.852. The van der Waals surface area contributed by atoms with Gasteiger partial charge in [0, 0.05) is 18.2 Å². The van der Waals surface area contributed by atoms with E-state index in [0.29, 0.717) is 23.3 Å². The lowest BCUT2D eigenvalue weighted by atomic mass is 10.2. The molecule has 17 heavy (non-hydrogen) atoms. The Morgan fingerprint density at radius 3 is 2.82 bits per heavy atom. The monoisotopic (exact) mass is 270 g/mol. The highest BCUT2D eigenvalue weighted by molar-refractivity contribution is 6.30. The summed E-state index contributed by atoms with van der Waals surface area (Å²) in [6, 6.07) is 9.43. The van der Waals surface area contributed by atoms with Gasteiger partial charge >= 0.3 is 0 Å². The van der Waals surface area contributed by atoms with Crippen LogP contribution >= 0.6 is 23.2 Å². The number of nitrogens with zero attached hydrogens (tertiary/aromatic N) is 2. The standard InChI is InChI=1S/C12H12Cl2N2O/c1-17-8-11-6-12(14)16(15-11)7-9-3-2-4-10(13)5-9/h2-6H,7-8H2,1H3. The molecule has 0 atom stereocenters. The van der Waals surface area contributed by atoms with Crippen LogP contribution in [0.4, 0.5) is 0 Å². The second-order valence-electron chi connectivity index (χ2n) is 3.68. The van der Waals surface area contributed by atoms with Gasteiger partial charge in [0.25, 0.3) is 0 Å². The van der Waals surface area contributed by atoms with E-state index in [0.717, 1.165) is 11.3 Å². The fourth-order valence-corrected chi connectivity index (χ4v) is 2.02. The number of ether oxygens (including phenoxy) is 1. The summed E-state index contributed by atoms with van der Waals surface area (Å²) in [4.78, 5) is 0. The van der Waals surface area contributed by atoms with Gasteiger partial charge in [0.1, 0.15) is 5.15 Å². The third-order valence-corrected chi connectivity index (χ3v) is 2.83. The van der Waals surface area contributed by atoms with E-state index in [1.54, 1.807) is 17.9 Å². The lowest BCUT2D eigenvalue weighted by molar-refractivity contribution is 0.181. The van der Waals surface area contributed by atoms with Crippen molar-refractivity contribution >= 4 is 23.2 Å². The summed E-state index contributed by atoms with van der Waals surface area (Å²) in [6.07, 6.45) is 0. The molecule has 0 saturated carbocycles. The number of halogens is 2. The number of hydrogen-bond donors (Lipinski definition) is 0. The van der Waals surface area contributed by atoms with Gasteiger partial charge in [0.15, 0.2) is 0 Å². The molecule has 3 nitrogen and oxygen atoms in total. The summed E-state index contributed by atoms with van der Waals surface area (Å²) in [5.74, 6) is 0. The smallest absolute Gasteiger partial charge is 0.127 e. The van der Waals surface area contributed by atoms with E-state index in [1.165, 1.54) is 0 Å². The zero-order valence-electron chi connectivity index (χ0n) is 9.36. The molecular weight excluding hydrogens is 259 g/mol. The minimum atomic E-state index is 0.461. The van der Waals surface area contributed by atoms with E-state index in [4.69, 9.17) is 27.9 Å². The lowest BCUT2D eigenvalue weighted by Gasteiger charge is -2.03. The average Bonchev–Trinajstić information content (AvgIpc) is 2.60. The lowest BCUT2D eigenvalue weighted by Crippen LogP contribution is -2.02. The SMILES string of the molecule is COCc1cc(Cl)n(Cc2cccc(Cl)c2)n1. The first-order valence-electron chi connectivity index (χ1n) is 5.14. The van der Waals surface area contributed by atoms with Crippen LogP contribution in [0.5, 0.6) is 0 Å². The van der Waals surface area contributed by atoms with E-state index in [-0.39, 0.29) is 0 Å². The molecular formula is C12H12Cl2N2O. The third kappa shape index (κ3) is 3.22. The summed E-state index contributed by atoms with van der Waals surface area (Å²) < 4.78 is 6.73. The topological polar surface area (TPSA) is 27.1 Å². The van der Waals surface area contributed by atoms with Crippen molar-refractivity contribution in [3.05, 3.63) is 51.8 Å². The molecule has 2 aromatic rings. The van der Waals surface area contributed by atoms with Crippen LogP contribution < -0.4 is 0 Å². The second kappa shape index (κ2) is 5.54. The second-order valence-corrected chi connectivity index (χ2v) is 4.50. The van der Waals surface area contributed by atoms with Crippen molar-refractivity contribution in [3.8, 4) is 0 Å². The molecule has 1 aromatic heterocycles. The average molecular weight is 271 g/mol. The molecule has 1 heterocycles. The molecule has 0 aliphatic carbocycles. The van der Waals surface area contributed by atoms with Crippen molar-refractivity contribution in [3.63, 3.8) is 0 Å². The van der Waals surface area contributed by atoms with Gasteiger partial charge < -0.3 is 4.74 Å². The number of methoxy groups -OCH3 is 1. The molecule has 0 aliphatic rings. The zero-order valence-corrected chi connectivity index (χ0v) is 10.9. The Balaban J connectivity index is 2.18. The maximum Gasteiger partial charge on any atom is 0.127 e. The van der Waals surface area contributed by atoms with Gasteiger partial charge in [0.2, 0.25) is 0 Å². The molecule has 0 fully saturated rings. The normalized spacial score (nSPS) is 10.8. The van der Waals surface area contributed by atoms with Crippen LogP contribution in [0.2, 0.25) is 10.2 Å². The van der Waals surface area contributed by atoms with Gasteiger partial charge in [-0.05, 0) is 17.7 Å². The van der Waals surface area contributed by atoms with E-state index in [2.05, 4.69) is 5.10 Å². The van der Waals surface area contributed by atoms with Crippen LogP contribution in [0.25, 0.3) is 0 Å². The van der Waals surface area contributed by atoms with Crippen molar-refractivity contribution in [2.75, 3.05) is 7.11 Å². The Morgan fingerprint density at radius 1 is 1.29 bits per heavy atom. The van der Waals surface area contributed by atoms with Crippen LogP contribution in [-0.2, 0) is 17.9 Å². The third-order valence-electron chi connectivity index (χ3n) is 2.30. The highest BCUT2D eigenvalue weighted by Gasteiger charge is 2.06. The molecule has 0 unspecified atom stereocenters. The van der Waals surface area contributed by atoms with E-state index in [9.17, 15) is 0 Å². The Kier molecular flexibility index (Phi) is 4.05. The zero-order chi connectivity index (χ0) is 12.3. The van der Waals surface area contributed by atoms with Gasteiger partial charge in [-0.15, -0.1) is 0 Å². The fraction of sp³-hybridized carbons (Fsp3) is 0.250. The molecule has 5 heteroatoms. The summed E-state index contributed by atoms with van der Waals surface area (Å²) in [5, 5.41) is 5.65. The van der Waals surface area contributed by atoms with Gasteiger partial charge in [-0.25, -0.2) is 4.68 Å². The number of aromatic nitrogens is 2. The Labute approximate surface area is 110 Å². The Morgan fingerprint density at radius 2 is 2.12 bits per heavy atom. The van der Waals surface area contributed by atoms with Gasteiger partial charge in [-0.3, -0.25) is 0 Å². The highest BCUT2D eigenvalue weighted by Crippen LogP contribution is 2.16. The molecule has 2 rings (SSSR count). The Hall–Kier alpha value is -1.03. The van der Waals surface area contributed by atoms with Crippen molar-refractivity contribution in [1.29, 1.82) is 0 Å². The van der Waals surface area contributed by atoms with Crippen molar-refractivity contribution in [2.45, 2.75) is 13.2 Å². The maximum absolute atomic E-state index is 6.08. The van der Waals surface area contributed by atoms with Gasteiger partial charge in [-0.1, -0.05) is 35.3 Å². The summed E-state index contributed by atoms with van der Waals surface area (Å²) in [7, 11) is 1.63. The largest absolute Gasteiger partial charge is 0.378 e. The summed E-state index contributed by atoms with van der Waals surface area (Å²) in [5.41, 5.74) is 1.88. The molecule has 90 valence electrons. The Bertz CT molecular complexity index is 511. The molecule has 1 aromatic carbocycles. The first-order chi connectivity index (χ1) is 8.19. The molecule has 0 bridgehead atoms. The van der Waals surface area contributed by atoms with Gasteiger partial charge in [0.05, 0.1) is 18.8 Å². The van der Waals surface area contributed by atoms with Crippen LogP contribution in [0.1, 0.15) is 11.3 Å². The molecule has 0 N–H and O–H groups in total. The molecule has 0 radical (unpaired) electrons. The minimum Gasteiger partial charge on any atom is -0.378 e. The van der Waals surface area contributed by atoms with Crippen LogP contribution in [0.3, 0.4) is 0 Å². The number of rotatable bonds is 4. The fourth-order valence-electron chi connectivity index (χ4n) is 1.58. The summed E-state index contributed by atoms with van der Waals surface area (Å²) >= 11 is 12.0. The highest BCUT2D eigenvalue weighted by atomic mass is 35.5. The van der Waals surface area contributed by atoms with E-state index >= 15 is 0 Å². The van der Waals surface area contributed by atoms with Crippen LogP contribution in [-0.4, -0.2) is 16.9 Å². The number of hydrogen-bond acceptors (Lipinski definition) is 2. The first-order valence-corrected chi connectivity index (χ1v) is 5.90. The maximum atomic E-state index is 6.08. The number of benzene rings is 1. The van der Waals surface area contributed by atoms with Crippen molar-refractivity contribution in [2.24, 2.45) is 0 Å². The molecule has 0 aliphatic heterocycles. The van der Waals surface area contributed by atoms with Crippen molar-refractivity contribution in [1.82, 2.24) is 9.78 Å². The summed E-state index contributed by atoms with van der Waals surface area (Å²) in [6.45, 7) is 1.06. The van der Waals surface area contributed by atoms with Crippen LogP contribution in [0.15, 0.2) is 30.3 Å². The van der Waals surface area contributed by atoms with Crippen molar-refractivity contribution < 1.29 is 4.74 Å². The first kappa shape index (κ1) is 12.4. The van der Waals surface area contributed by atoms with E-state index in [1.807, 2.05) is 24.3 Å². The predicted octanol–water partition coefficient (Wildman–Crippen LogP) is 3.38. The predicted molar refractivity (Wildman–Crippen MR) is 68.5 cm³/mol. The molecule has 0 spiro atoms. The van der Waals surface area contributed by atoms with E-state index < -0.39 is 0 Å². The van der Waals surface area contributed by atoms with Gasteiger partial charge in [-0.2, -0.15) is 5.10 Å².